The van der Waals surface area contributed by atoms with Crippen molar-refractivity contribution in [2.45, 2.75) is 0 Å². The van der Waals surface area contributed by atoms with Crippen LogP contribution in [0.25, 0.3) is 11.2 Å². The van der Waals surface area contributed by atoms with Crippen LogP contribution in [-0.2, 0) is 0 Å². The Balaban J connectivity index is 2.13. The fraction of sp³-hybridized carbons (Fsp3) is 0. The van der Waals surface area contributed by atoms with E-state index in [1.165, 1.54) is 0 Å². The standard InChI is InChI=1S/C10H7N5O/c16-7-8-3-4-14(12-8)10-2-1-9-5-11-13-15(9)6-10/h1-7H. The van der Waals surface area contributed by atoms with Gasteiger partial charge in [-0.2, -0.15) is 5.10 Å². The van der Waals surface area contributed by atoms with Crippen LogP contribution in [-0.4, -0.2) is 30.9 Å². The molecule has 0 spiro atoms. The number of rotatable bonds is 2. The van der Waals surface area contributed by atoms with Crippen LogP contribution in [0.15, 0.2) is 36.8 Å². The molecule has 0 radical (unpaired) electrons. The van der Waals surface area contributed by atoms with Crippen molar-refractivity contribution in [1.29, 1.82) is 0 Å². The van der Waals surface area contributed by atoms with Gasteiger partial charge in [0.05, 0.1) is 23.6 Å². The molecule has 0 aliphatic carbocycles. The number of carbonyl (C=O) groups excluding carboxylic acids is 1. The van der Waals surface area contributed by atoms with Crippen molar-refractivity contribution in [1.82, 2.24) is 24.6 Å². The number of carbonyl (C=O) groups is 1. The lowest BCUT2D eigenvalue weighted by molar-refractivity contribution is 0.111. The third kappa shape index (κ3) is 1.28. The molecule has 3 rings (SSSR count). The van der Waals surface area contributed by atoms with Gasteiger partial charge in [0, 0.05) is 6.20 Å². The zero-order valence-electron chi connectivity index (χ0n) is 8.19. The van der Waals surface area contributed by atoms with E-state index in [4.69, 9.17) is 0 Å². The molecule has 0 atom stereocenters. The third-order valence-electron chi connectivity index (χ3n) is 2.28. The smallest absolute Gasteiger partial charge is 0.170 e. The van der Waals surface area contributed by atoms with E-state index in [0.717, 1.165) is 11.2 Å². The van der Waals surface area contributed by atoms with Gasteiger partial charge >= 0.3 is 0 Å². The molecule has 0 aliphatic rings. The van der Waals surface area contributed by atoms with Gasteiger partial charge in [-0.3, -0.25) is 4.79 Å². The molecule has 0 aromatic carbocycles. The maximum atomic E-state index is 10.5. The van der Waals surface area contributed by atoms with E-state index < -0.39 is 0 Å². The molecule has 3 aromatic rings. The van der Waals surface area contributed by atoms with Gasteiger partial charge in [-0.15, -0.1) is 5.10 Å². The highest BCUT2D eigenvalue weighted by Gasteiger charge is 2.02. The normalized spacial score (nSPS) is 10.8. The topological polar surface area (TPSA) is 65.1 Å². The fourth-order valence-corrected chi connectivity index (χ4v) is 1.49. The molecule has 0 saturated carbocycles. The Morgan fingerprint density at radius 2 is 2.19 bits per heavy atom. The summed E-state index contributed by atoms with van der Waals surface area (Å²) in [5, 5.41) is 11.7. The first-order chi connectivity index (χ1) is 7.86. The Morgan fingerprint density at radius 3 is 3.00 bits per heavy atom. The molecule has 0 saturated heterocycles. The number of aromatic nitrogens is 5. The molecule has 0 N–H and O–H groups in total. The predicted octanol–water partition coefficient (Wildman–Crippen LogP) is 0.727. The summed E-state index contributed by atoms with van der Waals surface area (Å²) in [5.74, 6) is 0. The van der Waals surface area contributed by atoms with Gasteiger partial charge in [0.2, 0.25) is 0 Å². The number of hydrogen-bond donors (Lipinski definition) is 0. The van der Waals surface area contributed by atoms with Crippen molar-refractivity contribution >= 4 is 11.8 Å². The molecule has 0 unspecified atom stereocenters. The fourth-order valence-electron chi connectivity index (χ4n) is 1.49. The number of aldehydes is 1. The summed E-state index contributed by atoms with van der Waals surface area (Å²) in [6.45, 7) is 0. The first kappa shape index (κ1) is 8.78. The Morgan fingerprint density at radius 1 is 1.25 bits per heavy atom. The van der Waals surface area contributed by atoms with Crippen LogP contribution >= 0.6 is 0 Å². The minimum atomic E-state index is 0.402. The maximum absolute atomic E-state index is 10.5. The van der Waals surface area contributed by atoms with Gasteiger partial charge in [0.25, 0.3) is 0 Å². The average Bonchev–Trinajstić information content (AvgIpc) is 2.96. The van der Waals surface area contributed by atoms with E-state index in [2.05, 4.69) is 15.4 Å². The van der Waals surface area contributed by atoms with Gasteiger partial charge in [0.15, 0.2) is 6.29 Å². The Labute approximate surface area is 90.1 Å². The lowest BCUT2D eigenvalue weighted by atomic mass is 10.4. The van der Waals surface area contributed by atoms with Crippen molar-refractivity contribution in [3.05, 3.63) is 42.5 Å². The molecule has 0 amide bonds. The van der Waals surface area contributed by atoms with Crippen molar-refractivity contribution in [3.8, 4) is 5.69 Å². The van der Waals surface area contributed by atoms with E-state index in [-0.39, 0.29) is 0 Å². The first-order valence-corrected chi connectivity index (χ1v) is 4.68. The summed E-state index contributed by atoms with van der Waals surface area (Å²) in [7, 11) is 0. The first-order valence-electron chi connectivity index (χ1n) is 4.68. The number of pyridine rings is 1. The van der Waals surface area contributed by atoms with Crippen molar-refractivity contribution in [2.75, 3.05) is 0 Å². The highest BCUT2D eigenvalue weighted by molar-refractivity contribution is 5.71. The minimum Gasteiger partial charge on any atom is -0.296 e. The van der Waals surface area contributed by atoms with Gasteiger partial charge in [-0.1, -0.05) is 5.21 Å². The lowest BCUT2D eigenvalue weighted by Gasteiger charge is -2.00. The Kier molecular flexibility index (Phi) is 1.79. The van der Waals surface area contributed by atoms with Crippen LogP contribution in [0.1, 0.15) is 10.5 Å². The van der Waals surface area contributed by atoms with Crippen molar-refractivity contribution in [2.24, 2.45) is 0 Å². The second kappa shape index (κ2) is 3.27. The van der Waals surface area contributed by atoms with Crippen LogP contribution in [0.3, 0.4) is 0 Å². The number of nitrogens with zero attached hydrogens (tertiary/aromatic N) is 5. The molecule has 0 fully saturated rings. The molecular formula is C10H7N5O. The van der Waals surface area contributed by atoms with Crippen molar-refractivity contribution in [3.63, 3.8) is 0 Å². The highest BCUT2D eigenvalue weighted by Crippen LogP contribution is 2.08. The quantitative estimate of drug-likeness (QED) is 0.588. The van der Waals surface area contributed by atoms with Crippen LogP contribution in [0.4, 0.5) is 0 Å². The third-order valence-corrected chi connectivity index (χ3v) is 2.28. The number of hydrogen-bond acceptors (Lipinski definition) is 4. The zero-order valence-corrected chi connectivity index (χ0v) is 8.19. The lowest BCUT2D eigenvalue weighted by Crippen LogP contribution is -1.98. The maximum Gasteiger partial charge on any atom is 0.170 e. The monoisotopic (exact) mass is 213 g/mol. The van der Waals surface area contributed by atoms with E-state index >= 15 is 0 Å². The average molecular weight is 213 g/mol. The van der Waals surface area contributed by atoms with Crippen LogP contribution in [0.2, 0.25) is 0 Å². The SMILES string of the molecule is O=Cc1ccn(-c2ccc3cnnn3c2)n1. The summed E-state index contributed by atoms with van der Waals surface area (Å²) in [5.41, 5.74) is 2.14. The molecule has 6 heteroatoms. The minimum absolute atomic E-state index is 0.402. The molecule has 0 aliphatic heterocycles. The van der Waals surface area contributed by atoms with Gasteiger partial charge < -0.3 is 0 Å². The summed E-state index contributed by atoms with van der Waals surface area (Å²) in [4.78, 5) is 10.5. The molecule has 3 heterocycles. The molecule has 78 valence electrons. The Hall–Kier alpha value is -2.50. The largest absolute Gasteiger partial charge is 0.296 e. The van der Waals surface area contributed by atoms with Crippen LogP contribution in [0, 0.1) is 0 Å². The van der Waals surface area contributed by atoms with Gasteiger partial charge in [-0.25, -0.2) is 9.20 Å². The van der Waals surface area contributed by atoms with Crippen molar-refractivity contribution < 1.29 is 4.79 Å². The number of fused-ring (bicyclic) bond motifs is 1. The highest BCUT2D eigenvalue weighted by atomic mass is 16.1. The summed E-state index contributed by atoms with van der Waals surface area (Å²) < 4.78 is 3.27. The molecule has 16 heavy (non-hydrogen) atoms. The summed E-state index contributed by atoms with van der Waals surface area (Å²) >= 11 is 0. The second-order valence-corrected chi connectivity index (χ2v) is 3.29. The molecule has 0 bridgehead atoms. The second-order valence-electron chi connectivity index (χ2n) is 3.29. The summed E-state index contributed by atoms with van der Waals surface area (Å²) in [6.07, 6.45) is 5.90. The van der Waals surface area contributed by atoms with Crippen LogP contribution < -0.4 is 0 Å². The summed E-state index contributed by atoms with van der Waals surface area (Å²) in [6, 6.07) is 5.43. The van der Waals surface area contributed by atoms with E-state index in [0.29, 0.717) is 12.0 Å². The van der Waals surface area contributed by atoms with Gasteiger partial charge in [-0.05, 0) is 18.2 Å². The molecular weight excluding hydrogens is 206 g/mol. The van der Waals surface area contributed by atoms with E-state index in [9.17, 15) is 4.79 Å². The van der Waals surface area contributed by atoms with Gasteiger partial charge in [0.1, 0.15) is 5.69 Å². The molecule has 3 aromatic heterocycles. The molecule has 6 nitrogen and oxygen atoms in total. The van der Waals surface area contributed by atoms with E-state index in [1.54, 1.807) is 33.9 Å². The van der Waals surface area contributed by atoms with Crippen LogP contribution in [0.5, 0.6) is 0 Å². The predicted molar refractivity (Wildman–Crippen MR) is 55.5 cm³/mol. The van der Waals surface area contributed by atoms with E-state index in [1.807, 2.05) is 12.1 Å². The Bertz CT molecular complexity index is 654. The zero-order chi connectivity index (χ0) is 11.0.